The maximum atomic E-state index is 12.7. The lowest BCUT2D eigenvalue weighted by Gasteiger charge is -2.29. The number of H-pyrrole nitrogens is 1. The van der Waals surface area contributed by atoms with Gasteiger partial charge in [0.1, 0.15) is 5.69 Å². The van der Waals surface area contributed by atoms with Crippen molar-refractivity contribution in [2.45, 2.75) is 33.7 Å². The van der Waals surface area contributed by atoms with Crippen molar-refractivity contribution in [3.8, 4) is 0 Å². The van der Waals surface area contributed by atoms with Gasteiger partial charge in [0.25, 0.3) is 5.91 Å². The molecule has 0 saturated heterocycles. The minimum absolute atomic E-state index is 0.122. The molecule has 2 aromatic heterocycles. The normalized spacial score (nSPS) is 12.2. The van der Waals surface area contributed by atoms with Crippen LogP contribution < -0.4 is 5.32 Å². The molecule has 2 aromatic rings. The number of aromatic nitrogens is 1. The smallest absolute Gasteiger partial charge is 0.339 e. The van der Waals surface area contributed by atoms with E-state index in [0.717, 1.165) is 13.1 Å². The zero-order valence-corrected chi connectivity index (χ0v) is 16.8. The molecule has 6 nitrogen and oxygen atoms in total. The van der Waals surface area contributed by atoms with Crippen LogP contribution in [0.3, 0.4) is 0 Å². The Bertz CT molecular complexity index is 748. The molecular weight excluding hydrogens is 350 g/mol. The van der Waals surface area contributed by atoms with Crippen LogP contribution in [0, 0.1) is 13.8 Å². The molecule has 0 radical (unpaired) electrons. The quantitative estimate of drug-likeness (QED) is 0.692. The molecule has 0 aromatic carbocycles. The number of ether oxygens (including phenoxy) is 1. The Labute approximate surface area is 158 Å². The fourth-order valence-electron chi connectivity index (χ4n) is 3.25. The topological polar surface area (TPSA) is 74.4 Å². The van der Waals surface area contributed by atoms with Crippen molar-refractivity contribution in [1.29, 1.82) is 0 Å². The largest absolute Gasteiger partial charge is 0.465 e. The second-order valence-corrected chi connectivity index (χ2v) is 6.90. The molecule has 26 heavy (non-hydrogen) atoms. The first-order valence-electron chi connectivity index (χ1n) is 8.76. The molecule has 0 unspecified atom stereocenters. The number of nitrogens with one attached hydrogen (secondary N) is 2. The lowest BCUT2D eigenvalue weighted by Crippen LogP contribution is -2.38. The molecule has 7 heteroatoms. The van der Waals surface area contributed by atoms with Gasteiger partial charge in [-0.05, 0) is 54.9 Å². The van der Waals surface area contributed by atoms with Gasteiger partial charge in [-0.1, -0.05) is 13.8 Å². The Kier molecular flexibility index (Phi) is 6.99. The third-order valence-electron chi connectivity index (χ3n) is 4.69. The van der Waals surface area contributed by atoms with E-state index in [2.05, 4.69) is 45.9 Å². The predicted molar refractivity (Wildman–Crippen MR) is 104 cm³/mol. The minimum atomic E-state index is -0.436. The number of nitrogens with zero attached hydrogens (tertiary/aromatic N) is 1. The summed E-state index contributed by atoms with van der Waals surface area (Å²) in [5.41, 5.74) is 3.29. The molecule has 0 bridgehead atoms. The van der Waals surface area contributed by atoms with E-state index in [1.165, 1.54) is 12.7 Å². The summed E-state index contributed by atoms with van der Waals surface area (Å²) in [5.74, 6) is -0.650. The van der Waals surface area contributed by atoms with Crippen molar-refractivity contribution in [2.24, 2.45) is 0 Å². The predicted octanol–water partition coefficient (Wildman–Crippen LogP) is 3.29. The Morgan fingerprint density at radius 2 is 2.00 bits per heavy atom. The number of carbonyl (C=O) groups excluding carboxylic acids is 2. The van der Waals surface area contributed by atoms with Crippen LogP contribution >= 0.6 is 11.3 Å². The van der Waals surface area contributed by atoms with E-state index < -0.39 is 5.97 Å². The Balaban J connectivity index is 2.17. The summed E-state index contributed by atoms with van der Waals surface area (Å²) in [6, 6.07) is 2.22. The van der Waals surface area contributed by atoms with Crippen LogP contribution in [0.15, 0.2) is 16.8 Å². The number of aromatic amines is 1. The molecule has 2 N–H and O–H groups in total. The number of carbonyl (C=O) groups is 2. The average molecular weight is 378 g/mol. The van der Waals surface area contributed by atoms with Gasteiger partial charge in [-0.2, -0.15) is 11.3 Å². The zero-order valence-electron chi connectivity index (χ0n) is 16.0. The van der Waals surface area contributed by atoms with Crippen molar-refractivity contribution in [2.75, 3.05) is 26.7 Å². The Morgan fingerprint density at radius 3 is 2.54 bits per heavy atom. The van der Waals surface area contributed by atoms with Crippen LogP contribution in [-0.4, -0.2) is 48.5 Å². The lowest BCUT2D eigenvalue weighted by molar-refractivity contribution is 0.0599. The maximum Gasteiger partial charge on any atom is 0.339 e. The zero-order chi connectivity index (χ0) is 19.3. The monoisotopic (exact) mass is 377 g/mol. The number of likely N-dealkylation sites (N-methyl/N-ethyl adjacent to an activating group) is 1. The molecule has 0 aliphatic rings. The van der Waals surface area contributed by atoms with E-state index in [4.69, 9.17) is 4.74 Å². The number of amides is 1. The summed E-state index contributed by atoms with van der Waals surface area (Å²) >= 11 is 1.65. The SMILES string of the molecule is CCN(CC)[C@H](CNC(=O)c1[nH]c(C)c(C(=O)OC)c1C)c1ccsc1. The molecule has 0 fully saturated rings. The molecule has 1 amide bonds. The fraction of sp³-hybridized carbons (Fsp3) is 0.474. The molecule has 2 heterocycles. The van der Waals surface area contributed by atoms with Crippen LogP contribution in [0.1, 0.15) is 57.6 Å². The van der Waals surface area contributed by atoms with Gasteiger partial charge in [0.2, 0.25) is 0 Å². The number of hydrogen-bond acceptors (Lipinski definition) is 5. The summed E-state index contributed by atoms with van der Waals surface area (Å²) in [4.78, 5) is 29.9. The van der Waals surface area contributed by atoms with Gasteiger partial charge in [-0.15, -0.1) is 0 Å². The molecule has 0 saturated carbocycles. The highest BCUT2D eigenvalue weighted by Gasteiger charge is 2.24. The van der Waals surface area contributed by atoms with E-state index in [1.807, 2.05) is 0 Å². The third-order valence-corrected chi connectivity index (χ3v) is 5.39. The molecule has 1 atom stereocenters. The number of methoxy groups -OCH3 is 1. The third kappa shape index (κ3) is 4.16. The Hall–Kier alpha value is -2.12. The van der Waals surface area contributed by atoms with Gasteiger partial charge >= 0.3 is 5.97 Å². The summed E-state index contributed by atoms with van der Waals surface area (Å²) in [7, 11) is 1.34. The van der Waals surface area contributed by atoms with Gasteiger partial charge in [-0.25, -0.2) is 4.79 Å². The van der Waals surface area contributed by atoms with Gasteiger partial charge in [0, 0.05) is 12.2 Å². The van der Waals surface area contributed by atoms with Crippen molar-refractivity contribution in [1.82, 2.24) is 15.2 Å². The van der Waals surface area contributed by atoms with Crippen LogP contribution in [0.2, 0.25) is 0 Å². The maximum absolute atomic E-state index is 12.7. The standard InChI is InChI=1S/C19H27N3O3S/c1-6-22(7-2)15(14-8-9-26-11-14)10-20-18(23)17-12(3)16(13(4)21-17)19(24)25-5/h8-9,11,15,21H,6-7,10H2,1-5H3,(H,20,23)/t15-/m1/s1. The van der Waals surface area contributed by atoms with Crippen molar-refractivity contribution in [3.63, 3.8) is 0 Å². The highest BCUT2D eigenvalue weighted by Crippen LogP contribution is 2.23. The summed E-state index contributed by atoms with van der Waals surface area (Å²) in [5, 5.41) is 7.19. The molecule has 2 rings (SSSR count). The first kappa shape index (κ1) is 20.2. The van der Waals surface area contributed by atoms with Crippen LogP contribution in [0.5, 0.6) is 0 Å². The highest BCUT2D eigenvalue weighted by molar-refractivity contribution is 7.07. The fourth-order valence-corrected chi connectivity index (χ4v) is 3.96. The van der Waals surface area contributed by atoms with Crippen molar-refractivity contribution in [3.05, 3.63) is 44.9 Å². The second-order valence-electron chi connectivity index (χ2n) is 6.12. The number of aryl methyl sites for hydroxylation is 1. The summed E-state index contributed by atoms with van der Waals surface area (Å²) in [6.45, 7) is 10.1. The van der Waals surface area contributed by atoms with Crippen LogP contribution in [-0.2, 0) is 4.74 Å². The number of esters is 1. The van der Waals surface area contributed by atoms with Crippen molar-refractivity contribution >= 4 is 23.2 Å². The molecule has 0 spiro atoms. The minimum Gasteiger partial charge on any atom is -0.465 e. The average Bonchev–Trinajstić information content (AvgIpc) is 3.26. The molecule has 0 aliphatic carbocycles. The molecule has 0 aliphatic heterocycles. The lowest BCUT2D eigenvalue weighted by atomic mass is 10.1. The molecule has 142 valence electrons. The highest BCUT2D eigenvalue weighted by atomic mass is 32.1. The van der Waals surface area contributed by atoms with Crippen molar-refractivity contribution < 1.29 is 14.3 Å². The molecular formula is C19H27N3O3S. The van der Waals surface area contributed by atoms with Gasteiger partial charge in [-0.3, -0.25) is 9.69 Å². The van der Waals surface area contributed by atoms with E-state index in [0.29, 0.717) is 29.1 Å². The van der Waals surface area contributed by atoms with E-state index in [9.17, 15) is 9.59 Å². The number of thiophene rings is 1. The van der Waals surface area contributed by atoms with E-state index in [1.54, 1.807) is 25.2 Å². The van der Waals surface area contributed by atoms with E-state index in [-0.39, 0.29) is 11.9 Å². The second kappa shape index (κ2) is 9.00. The van der Waals surface area contributed by atoms with Gasteiger partial charge in [0.05, 0.1) is 18.7 Å². The van der Waals surface area contributed by atoms with Crippen LogP contribution in [0.25, 0.3) is 0 Å². The number of hydrogen-bond donors (Lipinski definition) is 2. The summed E-state index contributed by atoms with van der Waals surface area (Å²) in [6.07, 6.45) is 0. The first-order chi connectivity index (χ1) is 12.4. The van der Waals surface area contributed by atoms with E-state index >= 15 is 0 Å². The number of rotatable bonds is 8. The summed E-state index contributed by atoms with van der Waals surface area (Å²) < 4.78 is 4.80. The Morgan fingerprint density at radius 1 is 1.31 bits per heavy atom. The first-order valence-corrected chi connectivity index (χ1v) is 9.70. The van der Waals surface area contributed by atoms with Crippen LogP contribution in [0.4, 0.5) is 0 Å². The van der Waals surface area contributed by atoms with Gasteiger partial charge < -0.3 is 15.0 Å². The van der Waals surface area contributed by atoms with Gasteiger partial charge in [0.15, 0.2) is 0 Å².